The molecule has 0 saturated carbocycles. The molecule has 3 aromatic rings. The van der Waals surface area contributed by atoms with Crippen LogP contribution in [-0.2, 0) is 19.6 Å². The van der Waals surface area contributed by atoms with Crippen molar-refractivity contribution in [3.63, 3.8) is 0 Å². The number of sulfonamides is 1. The van der Waals surface area contributed by atoms with Gasteiger partial charge in [0.2, 0.25) is 10.0 Å². The number of carbonyl (C=O) groups excluding carboxylic acids is 1. The van der Waals surface area contributed by atoms with Gasteiger partial charge in [0, 0.05) is 5.92 Å². The Bertz CT molecular complexity index is 1140. The van der Waals surface area contributed by atoms with Crippen LogP contribution in [0.15, 0.2) is 77.7 Å². The number of ether oxygens (including phenoxy) is 1. The summed E-state index contributed by atoms with van der Waals surface area (Å²) in [7, 11) is -3.81. The minimum Gasteiger partial charge on any atom is -0.463 e. The summed E-state index contributed by atoms with van der Waals surface area (Å²) in [5, 5.41) is 0. The third-order valence-corrected chi connectivity index (χ3v) is 6.93. The predicted octanol–water partition coefficient (Wildman–Crippen LogP) is 4.02. The van der Waals surface area contributed by atoms with Crippen LogP contribution in [0.5, 0.6) is 0 Å². The second-order valence-electron chi connectivity index (χ2n) is 7.51. The van der Waals surface area contributed by atoms with E-state index < -0.39 is 22.0 Å². The molecule has 0 bridgehead atoms. The molecule has 3 aromatic carbocycles. The average Bonchev–Trinajstić information content (AvgIpc) is 3.06. The minimum absolute atomic E-state index is 0.0674. The Labute approximate surface area is 176 Å². The third kappa shape index (κ3) is 3.88. The first-order valence-corrected chi connectivity index (χ1v) is 11.3. The van der Waals surface area contributed by atoms with Crippen LogP contribution in [0.1, 0.15) is 29.5 Å². The van der Waals surface area contributed by atoms with E-state index in [1.165, 1.54) is 19.1 Å². The molecule has 0 aliphatic heterocycles. The fourth-order valence-electron chi connectivity index (χ4n) is 3.80. The maximum atomic E-state index is 12.5. The molecule has 6 heteroatoms. The van der Waals surface area contributed by atoms with E-state index in [0.717, 1.165) is 27.8 Å². The van der Waals surface area contributed by atoms with Crippen LogP contribution in [0.25, 0.3) is 11.1 Å². The van der Waals surface area contributed by atoms with Gasteiger partial charge < -0.3 is 4.74 Å². The topological polar surface area (TPSA) is 72.5 Å². The molecule has 0 heterocycles. The highest BCUT2D eigenvalue weighted by molar-refractivity contribution is 7.89. The van der Waals surface area contributed by atoms with Crippen molar-refractivity contribution in [2.24, 2.45) is 0 Å². The van der Waals surface area contributed by atoms with Gasteiger partial charge in [0.25, 0.3) is 0 Å². The molecule has 30 heavy (non-hydrogen) atoms. The number of fused-ring (bicyclic) bond motifs is 3. The smallest absolute Gasteiger partial charge is 0.323 e. The number of esters is 1. The first kappa shape index (κ1) is 20.3. The molecule has 1 atom stereocenters. The summed E-state index contributed by atoms with van der Waals surface area (Å²) in [6, 6.07) is 21.6. The van der Waals surface area contributed by atoms with Crippen LogP contribution in [0, 0.1) is 6.92 Å². The van der Waals surface area contributed by atoms with E-state index in [0.29, 0.717) is 0 Å². The highest BCUT2D eigenvalue weighted by atomic mass is 32.2. The molecule has 154 valence electrons. The van der Waals surface area contributed by atoms with Crippen LogP contribution in [0.3, 0.4) is 0 Å². The molecule has 0 unspecified atom stereocenters. The van der Waals surface area contributed by atoms with Crippen molar-refractivity contribution < 1.29 is 17.9 Å². The van der Waals surface area contributed by atoms with Crippen molar-refractivity contribution in [1.29, 1.82) is 0 Å². The summed E-state index contributed by atoms with van der Waals surface area (Å²) in [5.74, 6) is -0.671. The molecule has 0 fully saturated rings. The van der Waals surface area contributed by atoms with Crippen molar-refractivity contribution in [2.45, 2.75) is 30.7 Å². The summed E-state index contributed by atoms with van der Waals surface area (Å²) in [6.45, 7) is 3.53. The fraction of sp³-hybridized carbons (Fsp3) is 0.208. The van der Waals surface area contributed by atoms with Crippen molar-refractivity contribution in [3.05, 3.63) is 89.5 Å². The van der Waals surface area contributed by atoms with Crippen molar-refractivity contribution >= 4 is 16.0 Å². The van der Waals surface area contributed by atoms with E-state index in [1.54, 1.807) is 12.1 Å². The predicted molar refractivity (Wildman–Crippen MR) is 116 cm³/mol. The molecule has 4 rings (SSSR count). The second-order valence-corrected chi connectivity index (χ2v) is 9.23. The highest BCUT2D eigenvalue weighted by Gasteiger charge is 2.30. The molecule has 0 spiro atoms. The first-order chi connectivity index (χ1) is 14.4. The van der Waals surface area contributed by atoms with Gasteiger partial charge in [-0.1, -0.05) is 66.2 Å². The zero-order valence-corrected chi connectivity index (χ0v) is 17.6. The molecule has 0 amide bonds. The molecule has 0 saturated heterocycles. The van der Waals surface area contributed by atoms with Crippen LogP contribution < -0.4 is 4.72 Å². The number of rotatable bonds is 6. The molecule has 5 nitrogen and oxygen atoms in total. The Kier molecular flexibility index (Phi) is 5.45. The molecule has 0 aromatic heterocycles. The lowest BCUT2D eigenvalue weighted by Gasteiger charge is -2.17. The van der Waals surface area contributed by atoms with Crippen molar-refractivity contribution in [1.82, 2.24) is 4.72 Å². The van der Waals surface area contributed by atoms with Crippen molar-refractivity contribution in [2.75, 3.05) is 6.61 Å². The minimum atomic E-state index is -3.81. The number of carbonyl (C=O) groups is 1. The molecule has 1 N–H and O–H groups in total. The number of benzene rings is 3. The van der Waals surface area contributed by atoms with Crippen molar-refractivity contribution in [3.8, 4) is 11.1 Å². The number of hydrogen-bond acceptors (Lipinski definition) is 4. The van der Waals surface area contributed by atoms with Crippen LogP contribution in [0.2, 0.25) is 0 Å². The Hall–Kier alpha value is -2.96. The van der Waals surface area contributed by atoms with Gasteiger partial charge in [-0.25, -0.2) is 8.42 Å². The van der Waals surface area contributed by atoms with Gasteiger partial charge >= 0.3 is 5.97 Å². The first-order valence-electron chi connectivity index (χ1n) is 9.80. The van der Waals surface area contributed by atoms with Gasteiger partial charge in [0.1, 0.15) is 12.6 Å². The SMILES string of the molecule is Cc1ccc(S(=O)(=O)N[C@@H](C)C(=O)OCC2c3ccccc3-c3ccccc32)cc1. The van der Waals surface area contributed by atoms with E-state index >= 15 is 0 Å². The molecule has 1 aliphatic carbocycles. The monoisotopic (exact) mass is 421 g/mol. The lowest BCUT2D eigenvalue weighted by molar-refractivity contribution is -0.145. The van der Waals surface area contributed by atoms with Gasteiger partial charge in [-0.2, -0.15) is 4.72 Å². The zero-order chi connectivity index (χ0) is 21.3. The Morgan fingerprint density at radius 2 is 1.47 bits per heavy atom. The highest BCUT2D eigenvalue weighted by Crippen LogP contribution is 2.44. The summed E-state index contributed by atoms with van der Waals surface area (Å²) in [4.78, 5) is 12.7. The second kappa shape index (κ2) is 8.05. The van der Waals surface area contributed by atoms with E-state index in [-0.39, 0.29) is 17.4 Å². The molecule has 0 radical (unpaired) electrons. The molecular weight excluding hydrogens is 398 g/mol. The lowest BCUT2D eigenvalue weighted by atomic mass is 9.98. The van der Waals surface area contributed by atoms with E-state index in [4.69, 9.17) is 4.74 Å². The normalized spacial score (nSPS) is 14.1. The maximum absolute atomic E-state index is 12.5. The van der Waals surface area contributed by atoms with Gasteiger partial charge in [-0.05, 0) is 48.2 Å². The number of aryl methyl sites for hydroxylation is 1. The van der Waals surface area contributed by atoms with Gasteiger partial charge in [0.05, 0.1) is 4.90 Å². The number of nitrogens with one attached hydrogen (secondary N) is 1. The van der Waals surface area contributed by atoms with Crippen LogP contribution in [-0.4, -0.2) is 27.0 Å². The average molecular weight is 422 g/mol. The summed E-state index contributed by atoms with van der Waals surface area (Å²) in [6.07, 6.45) is 0. The van der Waals surface area contributed by atoms with Gasteiger partial charge in [-0.15, -0.1) is 0 Å². The van der Waals surface area contributed by atoms with E-state index in [9.17, 15) is 13.2 Å². The molecule has 1 aliphatic rings. The largest absolute Gasteiger partial charge is 0.463 e. The Balaban J connectivity index is 1.45. The third-order valence-electron chi connectivity index (χ3n) is 5.37. The summed E-state index contributed by atoms with van der Waals surface area (Å²) in [5.41, 5.74) is 5.46. The van der Waals surface area contributed by atoms with E-state index in [1.807, 2.05) is 43.3 Å². The summed E-state index contributed by atoms with van der Waals surface area (Å²) >= 11 is 0. The van der Waals surface area contributed by atoms with Gasteiger partial charge in [-0.3, -0.25) is 4.79 Å². The van der Waals surface area contributed by atoms with Crippen LogP contribution in [0.4, 0.5) is 0 Å². The summed E-state index contributed by atoms with van der Waals surface area (Å²) < 4.78 is 33.0. The lowest BCUT2D eigenvalue weighted by Crippen LogP contribution is -2.39. The Morgan fingerprint density at radius 1 is 0.933 bits per heavy atom. The van der Waals surface area contributed by atoms with E-state index in [2.05, 4.69) is 16.9 Å². The zero-order valence-electron chi connectivity index (χ0n) is 16.8. The number of hydrogen-bond donors (Lipinski definition) is 1. The molecular formula is C24H23NO4S. The van der Waals surface area contributed by atoms with Gasteiger partial charge in [0.15, 0.2) is 0 Å². The Morgan fingerprint density at radius 3 is 2.03 bits per heavy atom. The maximum Gasteiger partial charge on any atom is 0.323 e. The fourth-order valence-corrected chi connectivity index (χ4v) is 4.99. The quantitative estimate of drug-likeness (QED) is 0.610. The standard InChI is InChI=1S/C24H23NO4S/c1-16-11-13-18(14-12-16)30(27,28)25-17(2)24(26)29-15-23-21-9-5-3-7-19(21)20-8-4-6-10-22(20)23/h3-14,17,23,25H,15H2,1-2H3/t17-/m0/s1. The van der Waals surface area contributed by atoms with Crippen LogP contribution >= 0.6 is 0 Å².